The van der Waals surface area contributed by atoms with Gasteiger partial charge in [0.05, 0.1) is 0 Å². The van der Waals surface area contributed by atoms with E-state index in [1.807, 2.05) is 0 Å². The van der Waals surface area contributed by atoms with Gasteiger partial charge in [0.2, 0.25) is 0 Å². The van der Waals surface area contributed by atoms with Gasteiger partial charge < -0.3 is 5.32 Å². The van der Waals surface area contributed by atoms with Crippen molar-refractivity contribution in [1.29, 1.82) is 0 Å². The van der Waals surface area contributed by atoms with Gasteiger partial charge in [0.15, 0.2) is 11.6 Å². The average Bonchev–Trinajstić information content (AvgIpc) is 1.85. The topological polar surface area (TPSA) is 46.2 Å². The standard InChI is InChI=1S/C8H11NO2/c1-7(10)3-5-9-6-4-8(2)11/h3-6,9H,1-2H3/b5-3-,6-4+. The van der Waals surface area contributed by atoms with Gasteiger partial charge in [-0.3, -0.25) is 9.59 Å². The van der Waals surface area contributed by atoms with Crippen LogP contribution >= 0.6 is 0 Å². The van der Waals surface area contributed by atoms with E-state index in [1.54, 1.807) is 0 Å². The highest BCUT2D eigenvalue weighted by Gasteiger charge is 1.79. The summed E-state index contributed by atoms with van der Waals surface area (Å²) in [7, 11) is 0. The molecule has 11 heavy (non-hydrogen) atoms. The third-order valence-corrected chi connectivity index (χ3v) is 0.829. The molecule has 0 atom stereocenters. The van der Waals surface area contributed by atoms with E-state index in [0.29, 0.717) is 0 Å². The molecule has 0 aliphatic heterocycles. The molecule has 0 aliphatic rings. The number of hydrogen-bond donors (Lipinski definition) is 1. The maximum atomic E-state index is 10.3. The van der Waals surface area contributed by atoms with E-state index >= 15 is 0 Å². The molecule has 0 radical (unpaired) electrons. The molecule has 0 rings (SSSR count). The van der Waals surface area contributed by atoms with E-state index in [9.17, 15) is 9.59 Å². The lowest BCUT2D eigenvalue weighted by molar-refractivity contribution is -0.113. The molecule has 3 nitrogen and oxygen atoms in total. The highest BCUT2D eigenvalue weighted by atomic mass is 16.1. The minimum absolute atomic E-state index is 0.0336. The van der Waals surface area contributed by atoms with Crippen molar-refractivity contribution in [2.24, 2.45) is 0 Å². The second-order valence-corrected chi connectivity index (χ2v) is 2.05. The predicted octanol–water partition coefficient (Wildman–Crippen LogP) is 0.781. The summed E-state index contributed by atoms with van der Waals surface area (Å²) in [6.45, 7) is 2.90. The minimum atomic E-state index is -0.0336. The first-order chi connectivity index (χ1) is 5.13. The van der Waals surface area contributed by atoms with Crippen molar-refractivity contribution in [3.05, 3.63) is 24.6 Å². The zero-order valence-electron chi connectivity index (χ0n) is 6.63. The molecule has 0 bridgehead atoms. The van der Waals surface area contributed by atoms with Crippen LogP contribution in [0, 0.1) is 0 Å². The number of ketones is 2. The summed E-state index contributed by atoms with van der Waals surface area (Å²) in [5.41, 5.74) is 0. The van der Waals surface area contributed by atoms with Gasteiger partial charge in [0, 0.05) is 12.4 Å². The first kappa shape index (κ1) is 9.62. The maximum absolute atomic E-state index is 10.3. The van der Waals surface area contributed by atoms with Gasteiger partial charge in [-0.15, -0.1) is 0 Å². The van der Waals surface area contributed by atoms with Gasteiger partial charge >= 0.3 is 0 Å². The van der Waals surface area contributed by atoms with E-state index in [1.165, 1.54) is 38.4 Å². The van der Waals surface area contributed by atoms with Crippen molar-refractivity contribution < 1.29 is 9.59 Å². The maximum Gasteiger partial charge on any atom is 0.154 e. The van der Waals surface area contributed by atoms with Crippen molar-refractivity contribution in [2.75, 3.05) is 0 Å². The highest BCUT2D eigenvalue weighted by Crippen LogP contribution is 1.73. The Balaban J connectivity index is 3.57. The van der Waals surface area contributed by atoms with Gasteiger partial charge in [-0.05, 0) is 26.0 Å². The van der Waals surface area contributed by atoms with E-state index in [0.717, 1.165) is 0 Å². The Morgan fingerprint density at radius 3 is 1.64 bits per heavy atom. The van der Waals surface area contributed by atoms with Crippen molar-refractivity contribution in [1.82, 2.24) is 5.32 Å². The summed E-state index contributed by atoms with van der Waals surface area (Å²) in [6, 6.07) is 0. The molecule has 0 saturated heterocycles. The van der Waals surface area contributed by atoms with Crippen LogP contribution in [0.3, 0.4) is 0 Å². The quantitative estimate of drug-likeness (QED) is 0.607. The summed E-state index contributed by atoms with van der Waals surface area (Å²) in [6.07, 6.45) is 5.71. The van der Waals surface area contributed by atoms with Crippen LogP contribution in [0.2, 0.25) is 0 Å². The number of rotatable bonds is 4. The molecule has 0 spiro atoms. The van der Waals surface area contributed by atoms with Crippen molar-refractivity contribution >= 4 is 11.6 Å². The Morgan fingerprint density at radius 1 is 1.00 bits per heavy atom. The fraction of sp³-hybridized carbons (Fsp3) is 0.250. The van der Waals surface area contributed by atoms with Crippen LogP contribution < -0.4 is 5.32 Å². The van der Waals surface area contributed by atoms with E-state index in [2.05, 4.69) is 5.32 Å². The molecule has 0 saturated carbocycles. The molecule has 0 aromatic rings. The fourth-order valence-corrected chi connectivity index (χ4v) is 0.386. The fourth-order valence-electron chi connectivity index (χ4n) is 0.386. The highest BCUT2D eigenvalue weighted by molar-refractivity contribution is 5.87. The number of hydrogen-bond acceptors (Lipinski definition) is 3. The molecule has 60 valence electrons. The summed E-state index contributed by atoms with van der Waals surface area (Å²) >= 11 is 0. The third kappa shape index (κ3) is 8.62. The number of carbonyl (C=O) groups is 2. The zero-order valence-corrected chi connectivity index (χ0v) is 6.63. The molecule has 0 unspecified atom stereocenters. The number of allylic oxidation sites excluding steroid dienone is 2. The molecular weight excluding hydrogens is 142 g/mol. The van der Waals surface area contributed by atoms with Crippen LogP contribution in [0.4, 0.5) is 0 Å². The molecule has 0 aromatic carbocycles. The molecule has 0 heterocycles. The smallest absolute Gasteiger partial charge is 0.154 e. The second-order valence-electron chi connectivity index (χ2n) is 2.05. The minimum Gasteiger partial charge on any atom is -0.367 e. The van der Waals surface area contributed by atoms with Crippen molar-refractivity contribution in [3.8, 4) is 0 Å². The number of carbonyl (C=O) groups excluding carboxylic acids is 2. The van der Waals surface area contributed by atoms with Gasteiger partial charge in [0.1, 0.15) is 0 Å². The monoisotopic (exact) mass is 153 g/mol. The lowest BCUT2D eigenvalue weighted by Crippen LogP contribution is -1.95. The Kier molecular flexibility index (Phi) is 4.73. The van der Waals surface area contributed by atoms with Gasteiger partial charge in [-0.1, -0.05) is 0 Å². The van der Waals surface area contributed by atoms with Crippen molar-refractivity contribution in [2.45, 2.75) is 13.8 Å². The predicted molar refractivity (Wildman–Crippen MR) is 42.8 cm³/mol. The van der Waals surface area contributed by atoms with E-state index in [-0.39, 0.29) is 11.6 Å². The molecular formula is C8H11NO2. The van der Waals surface area contributed by atoms with Crippen LogP contribution in [0.15, 0.2) is 24.6 Å². The second kappa shape index (κ2) is 5.41. The van der Waals surface area contributed by atoms with E-state index < -0.39 is 0 Å². The lowest BCUT2D eigenvalue weighted by Gasteiger charge is -1.85. The van der Waals surface area contributed by atoms with Crippen LogP contribution in [-0.2, 0) is 9.59 Å². The van der Waals surface area contributed by atoms with Gasteiger partial charge in [0.25, 0.3) is 0 Å². The largest absolute Gasteiger partial charge is 0.367 e. The van der Waals surface area contributed by atoms with Crippen LogP contribution in [0.5, 0.6) is 0 Å². The molecule has 1 N–H and O–H groups in total. The Bertz CT molecular complexity index is 182. The van der Waals surface area contributed by atoms with Crippen LogP contribution in [-0.4, -0.2) is 11.6 Å². The normalized spacial score (nSPS) is 10.7. The Hall–Kier alpha value is -1.38. The zero-order chi connectivity index (χ0) is 8.69. The van der Waals surface area contributed by atoms with Gasteiger partial charge in [-0.25, -0.2) is 0 Å². The summed E-state index contributed by atoms with van der Waals surface area (Å²) in [4.78, 5) is 20.6. The molecule has 0 amide bonds. The molecule has 0 aromatic heterocycles. The average molecular weight is 153 g/mol. The Morgan fingerprint density at radius 2 is 1.36 bits per heavy atom. The lowest BCUT2D eigenvalue weighted by atomic mass is 10.4. The first-order valence-corrected chi connectivity index (χ1v) is 3.23. The van der Waals surface area contributed by atoms with E-state index in [4.69, 9.17) is 0 Å². The third-order valence-electron chi connectivity index (χ3n) is 0.829. The molecule has 3 heteroatoms. The summed E-state index contributed by atoms with van der Waals surface area (Å²) in [5, 5.41) is 2.65. The Labute approximate surface area is 65.8 Å². The SMILES string of the molecule is CC(=O)/C=C\N/C=C/C(C)=O. The summed E-state index contributed by atoms with van der Waals surface area (Å²) < 4.78 is 0. The first-order valence-electron chi connectivity index (χ1n) is 3.23. The van der Waals surface area contributed by atoms with Crippen LogP contribution in [0.1, 0.15) is 13.8 Å². The molecule has 0 fully saturated rings. The number of nitrogens with one attached hydrogen (secondary N) is 1. The van der Waals surface area contributed by atoms with Crippen molar-refractivity contribution in [3.63, 3.8) is 0 Å². The van der Waals surface area contributed by atoms with Crippen LogP contribution in [0.25, 0.3) is 0 Å². The summed E-state index contributed by atoms with van der Waals surface area (Å²) in [5.74, 6) is -0.0672. The van der Waals surface area contributed by atoms with Gasteiger partial charge in [-0.2, -0.15) is 0 Å². The molecule has 0 aliphatic carbocycles.